The molecule has 0 aliphatic carbocycles. The van der Waals surface area contributed by atoms with Crippen molar-refractivity contribution < 1.29 is 14.3 Å². The molecule has 2 unspecified atom stereocenters. The Hall–Kier alpha value is -1.33. The number of aliphatic hydroxyl groups is 1. The van der Waals surface area contributed by atoms with Crippen LogP contribution in [0.3, 0.4) is 0 Å². The summed E-state index contributed by atoms with van der Waals surface area (Å²) in [4.78, 5) is 14.3. The first-order valence-corrected chi connectivity index (χ1v) is 7.79. The third kappa shape index (κ3) is 2.85. The fourth-order valence-corrected chi connectivity index (χ4v) is 3.85. The zero-order valence-corrected chi connectivity index (χ0v) is 12.7. The summed E-state index contributed by atoms with van der Waals surface area (Å²) in [7, 11) is 0. The second-order valence-corrected chi connectivity index (χ2v) is 6.70. The van der Waals surface area contributed by atoms with Gasteiger partial charge in [0.25, 0.3) is 0 Å². The van der Waals surface area contributed by atoms with Crippen molar-refractivity contribution in [2.45, 2.75) is 63.3 Å². The number of hydrogen-bond acceptors (Lipinski definition) is 4. The van der Waals surface area contributed by atoms with E-state index in [1.54, 1.807) is 6.26 Å². The molecular weight excluding hydrogens is 268 g/mol. The molecule has 1 aromatic heterocycles. The Balaban J connectivity index is 1.68. The van der Waals surface area contributed by atoms with Gasteiger partial charge in [0.05, 0.1) is 12.8 Å². The Labute approximate surface area is 125 Å². The van der Waals surface area contributed by atoms with Gasteiger partial charge in [0.15, 0.2) is 0 Å². The molecule has 0 saturated carbocycles. The Bertz CT molecular complexity index is 484. The number of rotatable bonds is 4. The lowest BCUT2D eigenvalue weighted by Crippen LogP contribution is -2.52. The van der Waals surface area contributed by atoms with Gasteiger partial charge in [-0.05, 0) is 51.7 Å². The van der Waals surface area contributed by atoms with Crippen molar-refractivity contribution in [3.05, 3.63) is 24.2 Å². The number of hydrogen-bond donors (Lipinski definition) is 2. The fraction of sp³-hybridized carbons (Fsp3) is 0.688. The summed E-state index contributed by atoms with van der Waals surface area (Å²) in [6, 6.07) is 4.35. The van der Waals surface area contributed by atoms with Crippen LogP contribution in [-0.2, 0) is 10.4 Å². The van der Waals surface area contributed by atoms with E-state index in [2.05, 4.69) is 10.2 Å². The van der Waals surface area contributed by atoms with Gasteiger partial charge in [0.2, 0.25) is 5.91 Å². The molecule has 1 aromatic rings. The molecule has 2 fully saturated rings. The Morgan fingerprint density at radius 3 is 2.67 bits per heavy atom. The molecule has 21 heavy (non-hydrogen) atoms. The highest BCUT2D eigenvalue weighted by Gasteiger charge is 2.49. The summed E-state index contributed by atoms with van der Waals surface area (Å²) in [5.74, 6) is 0.732. The van der Waals surface area contributed by atoms with E-state index < -0.39 is 5.60 Å². The van der Waals surface area contributed by atoms with Gasteiger partial charge in [-0.1, -0.05) is 0 Å². The van der Waals surface area contributed by atoms with Gasteiger partial charge in [-0.3, -0.25) is 9.69 Å². The van der Waals surface area contributed by atoms with Crippen molar-refractivity contribution >= 4 is 5.91 Å². The average Bonchev–Trinajstić information content (AvgIpc) is 2.99. The molecule has 2 aliphatic heterocycles. The van der Waals surface area contributed by atoms with Crippen molar-refractivity contribution in [2.75, 3.05) is 6.54 Å². The summed E-state index contributed by atoms with van der Waals surface area (Å²) in [6.07, 6.45) is 4.99. The van der Waals surface area contributed by atoms with Crippen LogP contribution in [0.5, 0.6) is 0 Å². The van der Waals surface area contributed by atoms with Crippen molar-refractivity contribution in [3.63, 3.8) is 0 Å². The SMILES string of the molecule is CC(C)NC(=O)CN1C2CCC1CC(O)(c1ccco1)C2. The van der Waals surface area contributed by atoms with E-state index in [9.17, 15) is 9.90 Å². The fourth-order valence-electron chi connectivity index (χ4n) is 3.85. The molecule has 0 aromatic carbocycles. The molecule has 2 saturated heterocycles. The number of furan rings is 1. The smallest absolute Gasteiger partial charge is 0.234 e. The average molecular weight is 292 g/mol. The van der Waals surface area contributed by atoms with E-state index in [-0.39, 0.29) is 24.0 Å². The predicted octanol–water partition coefficient (Wildman–Crippen LogP) is 1.62. The lowest BCUT2D eigenvalue weighted by atomic mass is 9.84. The van der Waals surface area contributed by atoms with Gasteiger partial charge in [-0.2, -0.15) is 0 Å². The summed E-state index contributed by atoms with van der Waals surface area (Å²) in [6.45, 7) is 4.37. The minimum Gasteiger partial charge on any atom is -0.466 e. The first kappa shape index (κ1) is 14.6. The first-order valence-electron chi connectivity index (χ1n) is 7.79. The Kier molecular flexibility index (Phi) is 3.80. The lowest BCUT2D eigenvalue weighted by molar-refractivity contribution is -0.127. The molecule has 3 heterocycles. The molecular formula is C16H24N2O3. The highest BCUT2D eigenvalue weighted by molar-refractivity contribution is 5.78. The summed E-state index contributed by atoms with van der Waals surface area (Å²) in [5, 5.41) is 13.8. The number of piperidine rings is 1. The second kappa shape index (κ2) is 5.46. The zero-order chi connectivity index (χ0) is 15.0. The predicted molar refractivity (Wildman–Crippen MR) is 78.6 cm³/mol. The second-order valence-electron chi connectivity index (χ2n) is 6.70. The molecule has 0 spiro atoms. The molecule has 5 nitrogen and oxygen atoms in total. The number of nitrogens with zero attached hydrogens (tertiary/aromatic N) is 1. The number of carbonyl (C=O) groups excluding carboxylic acids is 1. The van der Waals surface area contributed by atoms with Crippen molar-refractivity contribution in [1.82, 2.24) is 10.2 Å². The van der Waals surface area contributed by atoms with Crippen LogP contribution in [0.25, 0.3) is 0 Å². The summed E-state index contributed by atoms with van der Waals surface area (Å²) < 4.78 is 5.42. The maximum Gasteiger partial charge on any atom is 0.234 e. The molecule has 0 radical (unpaired) electrons. The minimum atomic E-state index is -0.875. The number of amides is 1. The van der Waals surface area contributed by atoms with Gasteiger partial charge in [-0.25, -0.2) is 0 Å². The van der Waals surface area contributed by atoms with E-state index in [1.165, 1.54) is 0 Å². The normalized spacial score (nSPS) is 32.6. The quantitative estimate of drug-likeness (QED) is 0.885. The molecule has 5 heteroatoms. The summed E-state index contributed by atoms with van der Waals surface area (Å²) in [5.41, 5.74) is -0.875. The zero-order valence-electron chi connectivity index (χ0n) is 12.7. The molecule has 2 N–H and O–H groups in total. The van der Waals surface area contributed by atoms with Crippen molar-refractivity contribution in [1.29, 1.82) is 0 Å². The Morgan fingerprint density at radius 2 is 2.14 bits per heavy atom. The number of fused-ring (bicyclic) bond motifs is 2. The molecule has 1 amide bonds. The number of carbonyl (C=O) groups is 1. The van der Waals surface area contributed by atoms with Crippen molar-refractivity contribution in [2.24, 2.45) is 0 Å². The van der Waals surface area contributed by atoms with E-state index in [0.717, 1.165) is 12.8 Å². The van der Waals surface area contributed by atoms with Crippen LogP contribution >= 0.6 is 0 Å². The molecule has 2 bridgehead atoms. The Morgan fingerprint density at radius 1 is 1.48 bits per heavy atom. The third-order valence-electron chi connectivity index (χ3n) is 4.67. The van der Waals surface area contributed by atoms with Gasteiger partial charge in [-0.15, -0.1) is 0 Å². The maximum atomic E-state index is 12.0. The van der Waals surface area contributed by atoms with Gasteiger partial charge in [0, 0.05) is 18.1 Å². The van der Waals surface area contributed by atoms with Crippen LogP contribution in [0.1, 0.15) is 45.3 Å². The molecule has 2 atom stereocenters. The van der Waals surface area contributed by atoms with E-state index in [1.807, 2.05) is 26.0 Å². The highest BCUT2D eigenvalue weighted by Crippen LogP contribution is 2.45. The van der Waals surface area contributed by atoms with E-state index >= 15 is 0 Å². The standard InChI is InChI=1S/C16H24N2O3/c1-11(2)17-15(19)10-18-12-5-6-13(18)9-16(20,8-12)14-4-3-7-21-14/h3-4,7,11-13,20H,5-6,8-10H2,1-2H3,(H,17,19). The monoisotopic (exact) mass is 292 g/mol. The van der Waals surface area contributed by atoms with Crippen LogP contribution in [0.2, 0.25) is 0 Å². The number of nitrogens with one attached hydrogen (secondary N) is 1. The van der Waals surface area contributed by atoms with Crippen LogP contribution in [0, 0.1) is 0 Å². The van der Waals surface area contributed by atoms with Crippen LogP contribution < -0.4 is 5.32 Å². The molecule has 116 valence electrons. The van der Waals surface area contributed by atoms with Crippen molar-refractivity contribution in [3.8, 4) is 0 Å². The van der Waals surface area contributed by atoms with Gasteiger partial charge < -0.3 is 14.8 Å². The minimum absolute atomic E-state index is 0.0744. The van der Waals surface area contributed by atoms with E-state index in [0.29, 0.717) is 25.1 Å². The van der Waals surface area contributed by atoms with Crippen LogP contribution in [-0.4, -0.2) is 40.6 Å². The third-order valence-corrected chi connectivity index (χ3v) is 4.67. The largest absolute Gasteiger partial charge is 0.466 e. The molecule has 2 aliphatic rings. The maximum absolute atomic E-state index is 12.0. The topological polar surface area (TPSA) is 65.7 Å². The van der Waals surface area contributed by atoms with Gasteiger partial charge >= 0.3 is 0 Å². The highest BCUT2D eigenvalue weighted by atomic mass is 16.4. The van der Waals surface area contributed by atoms with Crippen LogP contribution in [0.4, 0.5) is 0 Å². The van der Waals surface area contributed by atoms with E-state index in [4.69, 9.17) is 4.42 Å². The van der Waals surface area contributed by atoms with Gasteiger partial charge in [0.1, 0.15) is 11.4 Å². The lowest BCUT2D eigenvalue weighted by Gasteiger charge is -2.42. The molecule has 3 rings (SSSR count). The summed E-state index contributed by atoms with van der Waals surface area (Å²) >= 11 is 0. The van der Waals surface area contributed by atoms with Crippen LogP contribution in [0.15, 0.2) is 22.8 Å². The first-order chi connectivity index (χ1) is 9.98.